The van der Waals surface area contributed by atoms with E-state index in [4.69, 9.17) is 0 Å². The highest BCUT2D eigenvalue weighted by Gasteiger charge is 2.14. The molecule has 0 saturated heterocycles. The summed E-state index contributed by atoms with van der Waals surface area (Å²) >= 11 is 2.31. The number of benzene rings is 2. The maximum absolute atomic E-state index is 13.2. The van der Waals surface area contributed by atoms with Crippen molar-refractivity contribution in [3.63, 3.8) is 0 Å². The highest BCUT2D eigenvalue weighted by Crippen LogP contribution is 2.23. The van der Waals surface area contributed by atoms with E-state index in [1.54, 1.807) is 12.1 Å². The fourth-order valence-electron chi connectivity index (χ4n) is 2.42. The number of halogens is 2. The smallest absolute Gasteiger partial charge is 0.123 e. The lowest BCUT2D eigenvalue weighted by Gasteiger charge is -2.20. The summed E-state index contributed by atoms with van der Waals surface area (Å²) in [5.74, 6) is -0.171. The Balaban J connectivity index is 2.24. The maximum Gasteiger partial charge on any atom is 0.123 e. The summed E-state index contributed by atoms with van der Waals surface area (Å²) in [7, 11) is 0. The molecule has 1 nitrogen and oxygen atoms in total. The summed E-state index contributed by atoms with van der Waals surface area (Å²) in [6, 6.07) is 13.8. The molecule has 0 saturated carbocycles. The summed E-state index contributed by atoms with van der Waals surface area (Å²) in [6.07, 6.45) is 0.914. The standard InChI is InChI=1S/C17H19FIN/c1-3-20-17(11-13-4-7-15(19)8-5-13)16-9-6-14(18)10-12(16)2/h4-10,17,20H,3,11H2,1-2H3. The molecule has 0 aliphatic carbocycles. The Hall–Kier alpha value is -0.940. The van der Waals surface area contributed by atoms with Gasteiger partial charge < -0.3 is 5.32 Å². The van der Waals surface area contributed by atoms with Crippen molar-refractivity contribution in [1.82, 2.24) is 5.32 Å². The van der Waals surface area contributed by atoms with Crippen molar-refractivity contribution < 1.29 is 4.39 Å². The van der Waals surface area contributed by atoms with Crippen LogP contribution in [0.3, 0.4) is 0 Å². The summed E-state index contributed by atoms with van der Waals surface area (Å²) < 4.78 is 14.5. The van der Waals surface area contributed by atoms with Gasteiger partial charge in [0, 0.05) is 9.61 Å². The van der Waals surface area contributed by atoms with Crippen molar-refractivity contribution in [3.8, 4) is 0 Å². The predicted octanol–water partition coefficient (Wildman–Crippen LogP) is 4.63. The molecule has 0 heterocycles. The van der Waals surface area contributed by atoms with Crippen LogP contribution in [0.5, 0.6) is 0 Å². The summed E-state index contributed by atoms with van der Waals surface area (Å²) in [5.41, 5.74) is 3.47. The van der Waals surface area contributed by atoms with E-state index in [0.29, 0.717) is 0 Å². The lowest BCUT2D eigenvalue weighted by molar-refractivity contribution is 0.544. The average molecular weight is 383 g/mol. The van der Waals surface area contributed by atoms with Gasteiger partial charge in [-0.1, -0.05) is 25.1 Å². The van der Waals surface area contributed by atoms with Crippen LogP contribution in [0.2, 0.25) is 0 Å². The molecule has 0 aromatic heterocycles. The van der Waals surface area contributed by atoms with Gasteiger partial charge in [0.2, 0.25) is 0 Å². The lowest BCUT2D eigenvalue weighted by Crippen LogP contribution is -2.23. The van der Waals surface area contributed by atoms with Gasteiger partial charge in [0.15, 0.2) is 0 Å². The first-order chi connectivity index (χ1) is 9.60. The molecule has 0 fully saturated rings. The van der Waals surface area contributed by atoms with E-state index in [2.05, 4.69) is 59.1 Å². The van der Waals surface area contributed by atoms with Crippen molar-refractivity contribution in [1.29, 1.82) is 0 Å². The fourth-order valence-corrected chi connectivity index (χ4v) is 2.78. The average Bonchev–Trinajstić information content (AvgIpc) is 2.41. The van der Waals surface area contributed by atoms with Gasteiger partial charge in [-0.15, -0.1) is 0 Å². The van der Waals surface area contributed by atoms with Crippen LogP contribution in [0.4, 0.5) is 4.39 Å². The molecule has 20 heavy (non-hydrogen) atoms. The molecule has 1 atom stereocenters. The van der Waals surface area contributed by atoms with Gasteiger partial charge >= 0.3 is 0 Å². The van der Waals surface area contributed by atoms with E-state index < -0.39 is 0 Å². The van der Waals surface area contributed by atoms with Gasteiger partial charge in [-0.2, -0.15) is 0 Å². The van der Waals surface area contributed by atoms with Crippen LogP contribution in [0.25, 0.3) is 0 Å². The molecule has 2 rings (SSSR count). The first-order valence-electron chi connectivity index (χ1n) is 6.84. The molecule has 0 bridgehead atoms. The molecule has 106 valence electrons. The van der Waals surface area contributed by atoms with Crippen LogP contribution in [-0.2, 0) is 6.42 Å². The van der Waals surface area contributed by atoms with Gasteiger partial charge in [-0.05, 0) is 83.4 Å². The number of hydrogen-bond donors (Lipinski definition) is 1. The van der Waals surface area contributed by atoms with Gasteiger partial charge in [0.05, 0.1) is 0 Å². The molecule has 0 radical (unpaired) electrons. The Kier molecular flexibility index (Phi) is 5.54. The van der Waals surface area contributed by atoms with Crippen LogP contribution in [0.1, 0.15) is 29.7 Å². The SMILES string of the molecule is CCNC(Cc1ccc(I)cc1)c1ccc(F)cc1C. The molecule has 0 amide bonds. The number of rotatable bonds is 5. The van der Waals surface area contributed by atoms with Crippen molar-refractivity contribution in [3.05, 3.63) is 68.5 Å². The number of aryl methyl sites for hydroxylation is 1. The minimum absolute atomic E-state index is 0.171. The summed E-state index contributed by atoms with van der Waals surface area (Å²) in [6.45, 7) is 4.96. The Morgan fingerprint density at radius 3 is 2.45 bits per heavy atom. The minimum Gasteiger partial charge on any atom is -0.310 e. The van der Waals surface area contributed by atoms with E-state index in [1.807, 2.05) is 13.0 Å². The van der Waals surface area contributed by atoms with Crippen LogP contribution < -0.4 is 5.32 Å². The van der Waals surface area contributed by atoms with E-state index in [1.165, 1.54) is 14.7 Å². The monoisotopic (exact) mass is 383 g/mol. The molecule has 2 aromatic rings. The molecular weight excluding hydrogens is 364 g/mol. The zero-order valence-electron chi connectivity index (χ0n) is 11.8. The minimum atomic E-state index is -0.171. The maximum atomic E-state index is 13.2. The summed E-state index contributed by atoms with van der Waals surface area (Å²) in [4.78, 5) is 0. The number of hydrogen-bond acceptors (Lipinski definition) is 1. The Bertz CT molecular complexity index is 566. The number of nitrogens with one attached hydrogen (secondary N) is 1. The normalized spacial score (nSPS) is 12.4. The molecule has 0 spiro atoms. The molecule has 0 aliphatic rings. The zero-order chi connectivity index (χ0) is 14.5. The third kappa shape index (κ3) is 4.03. The van der Waals surface area contributed by atoms with Crippen LogP contribution in [-0.4, -0.2) is 6.54 Å². The highest BCUT2D eigenvalue weighted by atomic mass is 127. The second kappa shape index (κ2) is 7.18. The van der Waals surface area contributed by atoms with Gasteiger partial charge in [0.1, 0.15) is 5.82 Å². The number of likely N-dealkylation sites (N-methyl/N-ethyl adjacent to an activating group) is 1. The second-order valence-corrected chi connectivity index (χ2v) is 6.19. The molecule has 1 unspecified atom stereocenters. The lowest BCUT2D eigenvalue weighted by atomic mass is 9.95. The third-order valence-electron chi connectivity index (χ3n) is 3.41. The van der Waals surface area contributed by atoms with Crippen molar-refractivity contribution in [2.45, 2.75) is 26.3 Å². The Labute approximate surface area is 133 Å². The molecule has 1 N–H and O–H groups in total. The first kappa shape index (κ1) is 15.4. The van der Waals surface area contributed by atoms with Crippen molar-refractivity contribution in [2.75, 3.05) is 6.54 Å². The van der Waals surface area contributed by atoms with Gasteiger partial charge in [0.25, 0.3) is 0 Å². The van der Waals surface area contributed by atoms with E-state index in [9.17, 15) is 4.39 Å². The topological polar surface area (TPSA) is 12.0 Å². The zero-order valence-corrected chi connectivity index (χ0v) is 13.9. The third-order valence-corrected chi connectivity index (χ3v) is 4.13. The van der Waals surface area contributed by atoms with E-state index in [-0.39, 0.29) is 11.9 Å². The summed E-state index contributed by atoms with van der Waals surface area (Å²) in [5, 5.41) is 3.50. The van der Waals surface area contributed by atoms with Crippen molar-refractivity contribution >= 4 is 22.6 Å². The highest BCUT2D eigenvalue weighted by molar-refractivity contribution is 14.1. The Morgan fingerprint density at radius 2 is 1.85 bits per heavy atom. The molecule has 3 heteroatoms. The van der Waals surface area contributed by atoms with Crippen LogP contribution in [0, 0.1) is 16.3 Å². The Morgan fingerprint density at radius 1 is 1.15 bits per heavy atom. The molecule has 2 aromatic carbocycles. The van der Waals surface area contributed by atoms with Gasteiger partial charge in [-0.3, -0.25) is 0 Å². The van der Waals surface area contributed by atoms with E-state index in [0.717, 1.165) is 18.5 Å². The molecule has 0 aliphatic heterocycles. The van der Waals surface area contributed by atoms with Crippen molar-refractivity contribution in [2.24, 2.45) is 0 Å². The second-order valence-electron chi connectivity index (χ2n) is 4.94. The predicted molar refractivity (Wildman–Crippen MR) is 90.4 cm³/mol. The largest absolute Gasteiger partial charge is 0.310 e. The van der Waals surface area contributed by atoms with Crippen LogP contribution in [0.15, 0.2) is 42.5 Å². The van der Waals surface area contributed by atoms with Crippen LogP contribution >= 0.6 is 22.6 Å². The fraction of sp³-hybridized carbons (Fsp3) is 0.294. The molecular formula is C17H19FIN. The first-order valence-corrected chi connectivity index (χ1v) is 7.92. The van der Waals surface area contributed by atoms with E-state index >= 15 is 0 Å². The van der Waals surface area contributed by atoms with Gasteiger partial charge in [-0.25, -0.2) is 4.39 Å². The quantitative estimate of drug-likeness (QED) is 0.743.